The Morgan fingerprint density at radius 2 is 2.31 bits per heavy atom. The lowest BCUT2D eigenvalue weighted by molar-refractivity contribution is -0.143. The van der Waals surface area contributed by atoms with Gasteiger partial charge in [0.15, 0.2) is 11.8 Å². The summed E-state index contributed by atoms with van der Waals surface area (Å²) < 4.78 is 12.1. The van der Waals surface area contributed by atoms with E-state index in [4.69, 9.17) is 14.9 Å². The van der Waals surface area contributed by atoms with Crippen molar-refractivity contribution >= 4 is 0 Å². The van der Waals surface area contributed by atoms with Gasteiger partial charge in [-0.15, -0.1) is 0 Å². The van der Waals surface area contributed by atoms with Gasteiger partial charge < -0.3 is 19.7 Å². The van der Waals surface area contributed by atoms with E-state index >= 15 is 0 Å². The minimum atomic E-state index is -1.20. The van der Waals surface area contributed by atoms with Crippen molar-refractivity contribution in [1.29, 1.82) is 5.41 Å². The fourth-order valence-electron chi connectivity index (χ4n) is 2.04. The first kappa shape index (κ1) is 9.76. The number of nitrogens with zero attached hydrogens (tertiary/aromatic N) is 2. The van der Waals surface area contributed by atoms with Crippen molar-refractivity contribution < 1.29 is 19.7 Å². The maximum absolute atomic E-state index is 9.65. The van der Waals surface area contributed by atoms with Gasteiger partial charge in [-0.05, 0) is 6.07 Å². The van der Waals surface area contributed by atoms with Crippen molar-refractivity contribution in [2.24, 2.45) is 5.92 Å². The van der Waals surface area contributed by atoms with Gasteiger partial charge >= 0.3 is 0 Å². The second-order valence-corrected chi connectivity index (χ2v) is 3.89. The van der Waals surface area contributed by atoms with Gasteiger partial charge in [-0.25, -0.2) is 0 Å². The van der Waals surface area contributed by atoms with Crippen LogP contribution < -0.4 is 10.2 Å². The average Bonchev–Trinajstić information content (AvgIpc) is 2.55. The fourth-order valence-corrected chi connectivity index (χ4v) is 2.04. The molecule has 0 bridgehead atoms. The van der Waals surface area contributed by atoms with Gasteiger partial charge in [-0.1, -0.05) is 0 Å². The Hall–Kier alpha value is -1.44. The quantitative estimate of drug-likeness (QED) is 0.503. The number of nitrogens with one attached hydrogen (secondary N) is 1. The zero-order valence-corrected chi connectivity index (χ0v) is 8.28. The molecule has 1 saturated heterocycles. The van der Waals surface area contributed by atoms with Crippen LogP contribution in [0.5, 0.6) is 6.01 Å². The number of ether oxygens (including phenoxy) is 2. The molecule has 0 amide bonds. The van der Waals surface area contributed by atoms with Crippen LogP contribution in [-0.4, -0.2) is 38.8 Å². The summed E-state index contributed by atoms with van der Waals surface area (Å²) in [5.41, 5.74) is 0.101. The molecule has 0 spiro atoms. The highest BCUT2D eigenvalue weighted by atomic mass is 16.6. The van der Waals surface area contributed by atoms with Crippen molar-refractivity contribution in [2.75, 3.05) is 6.61 Å². The molecule has 3 rings (SSSR count). The van der Waals surface area contributed by atoms with Gasteiger partial charge in [0.2, 0.25) is 0 Å². The Bertz CT molecular complexity index is 474. The first-order valence-corrected chi connectivity index (χ1v) is 4.95. The van der Waals surface area contributed by atoms with Gasteiger partial charge in [-0.3, -0.25) is 9.98 Å². The summed E-state index contributed by atoms with van der Waals surface area (Å²) in [5, 5.41) is 26.4. The maximum atomic E-state index is 9.65. The third-order valence-corrected chi connectivity index (χ3v) is 2.88. The number of fused-ring (bicyclic) bond motifs is 3. The molecule has 0 radical (unpaired) electrons. The molecule has 2 aliphatic rings. The van der Waals surface area contributed by atoms with Gasteiger partial charge in [0.05, 0.1) is 5.92 Å². The Balaban J connectivity index is 2.04. The zero-order chi connectivity index (χ0) is 11.3. The maximum Gasteiger partial charge on any atom is 0.300 e. The largest absolute Gasteiger partial charge is 0.464 e. The number of aliphatic hydroxyl groups excluding tert-OH is 2. The van der Waals surface area contributed by atoms with Crippen molar-refractivity contribution in [1.82, 2.24) is 9.55 Å². The van der Waals surface area contributed by atoms with E-state index in [9.17, 15) is 10.2 Å². The fraction of sp³-hybridized carbons (Fsp3) is 0.556. The molecule has 2 aliphatic heterocycles. The molecule has 0 aromatic carbocycles. The van der Waals surface area contributed by atoms with Gasteiger partial charge in [0.25, 0.3) is 6.01 Å². The number of rotatable bonds is 0. The lowest BCUT2D eigenvalue weighted by Gasteiger charge is -2.28. The molecular weight excluding hydrogens is 214 g/mol. The first-order chi connectivity index (χ1) is 7.66. The summed E-state index contributed by atoms with van der Waals surface area (Å²) in [5.74, 6) is -0.314. The highest BCUT2D eigenvalue weighted by Crippen LogP contribution is 2.38. The zero-order valence-electron chi connectivity index (χ0n) is 8.28. The minimum absolute atomic E-state index is 0.101. The minimum Gasteiger partial charge on any atom is -0.464 e. The third kappa shape index (κ3) is 1.26. The Morgan fingerprint density at radius 3 is 3.12 bits per heavy atom. The van der Waals surface area contributed by atoms with Crippen LogP contribution in [0.1, 0.15) is 6.23 Å². The standard InChI is InChI=1S/C9H11N3O4/c10-5-1-2-12-7-4(3-15-9(12)11-5)6(13)8(14)16-7/h1-2,4,6-8,10,13-14H,3H2/t4?,6-,7?,8+/m0/s1. The Labute approximate surface area is 90.4 Å². The molecule has 16 heavy (non-hydrogen) atoms. The molecule has 3 N–H and O–H groups in total. The van der Waals surface area contributed by atoms with Crippen LogP contribution in [-0.2, 0) is 4.74 Å². The smallest absolute Gasteiger partial charge is 0.300 e. The normalized spacial score (nSPS) is 36.4. The second-order valence-electron chi connectivity index (χ2n) is 3.89. The summed E-state index contributed by atoms with van der Waals surface area (Å²) >= 11 is 0. The molecule has 4 atom stereocenters. The number of hydrogen-bond donors (Lipinski definition) is 3. The van der Waals surface area contributed by atoms with E-state index < -0.39 is 18.6 Å². The van der Waals surface area contributed by atoms with E-state index in [0.717, 1.165) is 0 Å². The van der Waals surface area contributed by atoms with Crippen molar-refractivity contribution in [3.05, 3.63) is 17.8 Å². The Kier molecular flexibility index (Phi) is 2.00. The predicted molar refractivity (Wildman–Crippen MR) is 49.2 cm³/mol. The van der Waals surface area contributed by atoms with E-state index in [2.05, 4.69) is 4.98 Å². The van der Waals surface area contributed by atoms with Crippen molar-refractivity contribution in [3.8, 4) is 6.01 Å². The molecule has 3 heterocycles. The van der Waals surface area contributed by atoms with Gasteiger partial charge in [0, 0.05) is 6.20 Å². The SMILES string of the molecule is N=c1ccn2c(n1)OCC1C2O[C@@H](O)[C@H]1O. The van der Waals surface area contributed by atoms with Crippen LogP contribution in [0.3, 0.4) is 0 Å². The van der Waals surface area contributed by atoms with Crippen LogP contribution in [0.25, 0.3) is 0 Å². The molecule has 1 aromatic heterocycles. The number of aromatic nitrogens is 2. The highest BCUT2D eigenvalue weighted by Gasteiger charge is 2.47. The highest BCUT2D eigenvalue weighted by molar-refractivity contribution is 5.05. The van der Waals surface area contributed by atoms with Crippen molar-refractivity contribution in [3.63, 3.8) is 0 Å². The van der Waals surface area contributed by atoms with E-state index in [1.54, 1.807) is 10.8 Å². The topological polar surface area (TPSA) is 101 Å². The molecule has 1 aromatic rings. The van der Waals surface area contributed by atoms with E-state index in [1.165, 1.54) is 6.07 Å². The number of hydrogen-bond acceptors (Lipinski definition) is 6. The number of aliphatic hydroxyl groups is 2. The van der Waals surface area contributed by atoms with Crippen LogP contribution in [0, 0.1) is 11.3 Å². The molecule has 86 valence electrons. The average molecular weight is 225 g/mol. The lowest BCUT2D eigenvalue weighted by Crippen LogP contribution is -2.36. The molecule has 7 heteroatoms. The van der Waals surface area contributed by atoms with Gasteiger partial charge in [-0.2, -0.15) is 4.98 Å². The van der Waals surface area contributed by atoms with Crippen LogP contribution >= 0.6 is 0 Å². The molecule has 0 aliphatic carbocycles. The molecule has 2 unspecified atom stereocenters. The molecule has 7 nitrogen and oxygen atoms in total. The van der Waals surface area contributed by atoms with Gasteiger partial charge in [0.1, 0.15) is 18.9 Å². The predicted octanol–water partition coefficient (Wildman–Crippen LogP) is -1.42. The summed E-state index contributed by atoms with van der Waals surface area (Å²) in [6.07, 6.45) is -1.04. The van der Waals surface area contributed by atoms with Crippen LogP contribution in [0.2, 0.25) is 0 Å². The van der Waals surface area contributed by atoms with E-state index in [0.29, 0.717) is 0 Å². The molecule has 1 fully saturated rings. The lowest BCUT2D eigenvalue weighted by atomic mass is 10.0. The molecule has 0 saturated carbocycles. The van der Waals surface area contributed by atoms with Crippen molar-refractivity contribution in [2.45, 2.75) is 18.6 Å². The summed E-state index contributed by atoms with van der Waals surface area (Å²) in [6.45, 7) is 0.222. The first-order valence-electron chi connectivity index (χ1n) is 4.95. The summed E-state index contributed by atoms with van der Waals surface area (Å²) in [6, 6.07) is 1.77. The van der Waals surface area contributed by atoms with E-state index in [1.807, 2.05) is 0 Å². The summed E-state index contributed by atoms with van der Waals surface area (Å²) in [4.78, 5) is 3.89. The second kappa shape index (κ2) is 3.27. The van der Waals surface area contributed by atoms with E-state index in [-0.39, 0.29) is 24.0 Å². The van der Waals surface area contributed by atoms with Crippen LogP contribution in [0.15, 0.2) is 12.3 Å². The van der Waals surface area contributed by atoms with Crippen LogP contribution in [0.4, 0.5) is 0 Å². The summed E-state index contributed by atoms with van der Waals surface area (Å²) in [7, 11) is 0. The monoisotopic (exact) mass is 225 g/mol. The Morgan fingerprint density at radius 1 is 1.50 bits per heavy atom. The third-order valence-electron chi connectivity index (χ3n) is 2.88. The molecular formula is C9H11N3O4.